The molecule has 1 aromatic heterocycles. The van der Waals surface area contributed by atoms with Crippen molar-refractivity contribution >= 4 is 33.0 Å². The van der Waals surface area contributed by atoms with Gasteiger partial charge in [-0.15, -0.1) is 11.3 Å². The highest BCUT2D eigenvalue weighted by Crippen LogP contribution is 2.34. The number of benzene rings is 1. The third-order valence-electron chi connectivity index (χ3n) is 5.92. The van der Waals surface area contributed by atoms with Crippen molar-refractivity contribution in [1.29, 1.82) is 0 Å². The number of piperidine rings is 1. The highest BCUT2D eigenvalue weighted by molar-refractivity contribution is 7.89. The molecule has 1 N–H and O–H groups in total. The summed E-state index contributed by atoms with van der Waals surface area (Å²) in [5.41, 5.74) is 1.64. The Morgan fingerprint density at radius 2 is 1.97 bits per heavy atom. The topological polar surface area (TPSA) is 75.7 Å². The van der Waals surface area contributed by atoms with Crippen LogP contribution in [-0.4, -0.2) is 38.8 Å². The van der Waals surface area contributed by atoms with Crippen molar-refractivity contribution in [2.24, 2.45) is 5.92 Å². The summed E-state index contributed by atoms with van der Waals surface area (Å²) < 4.78 is 33.0. The minimum absolute atomic E-state index is 0.180. The van der Waals surface area contributed by atoms with Crippen LogP contribution in [0.3, 0.4) is 0 Å². The van der Waals surface area contributed by atoms with Crippen LogP contribution in [0.2, 0.25) is 0 Å². The summed E-state index contributed by atoms with van der Waals surface area (Å²) in [7, 11) is -2.08. The smallest absolute Gasteiger partial charge is 0.265 e. The van der Waals surface area contributed by atoms with Crippen LogP contribution in [-0.2, 0) is 22.9 Å². The van der Waals surface area contributed by atoms with Crippen LogP contribution in [0.5, 0.6) is 5.75 Å². The van der Waals surface area contributed by atoms with E-state index in [1.54, 1.807) is 12.1 Å². The Kier molecular flexibility index (Phi) is 6.18. The van der Waals surface area contributed by atoms with Gasteiger partial charge in [-0.05, 0) is 67.9 Å². The van der Waals surface area contributed by atoms with Crippen molar-refractivity contribution in [2.75, 3.05) is 25.5 Å². The van der Waals surface area contributed by atoms with Gasteiger partial charge >= 0.3 is 0 Å². The monoisotopic (exact) mass is 448 g/mol. The first-order valence-electron chi connectivity index (χ1n) is 10.5. The molecular formula is C22H28N2O4S2. The van der Waals surface area contributed by atoms with E-state index in [-0.39, 0.29) is 10.8 Å². The third kappa shape index (κ3) is 4.26. The molecule has 1 atom stereocenters. The largest absolute Gasteiger partial charge is 0.495 e. The van der Waals surface area contributed by atoms with Gasteiger partial charge in [0.25, 0.3) is 5.91 Å². The van der Waals surface area contributed by atoms with Crippen LogP contribution < -0.4 is 10.1 Å². The third-order valence-corrected chi connectivity index (χ3v) is 9.06. The van der Waals surface area contributed by atoms with Gasteiger partial charge in [0.15, 0.2) is 0 Å². The zero-order valence-corrected chi connectivity index (χ0v) is 19.1. The van der Waals surface area contributed by atoms with Crippen molar-refractivity contribution < 1.29 is 17.9 Å². The number of aryl methyl sites for hydroxylation is 1. The molecule has 6 nitrogen and oxygen atoms in total. The predicted molar refractivity (Wildman–Crippen MR) is 119 cm³/mol. The standard InChI is InChI=1S/C22H28N2O4S2/c1-15-6-9-20-16(12-15)13-21(29-20)22(25)23-18-14-17(7-8-19(18)28-2)30(26,27)24-10-4-3-5-11-24/h7-8,13-15H,3-6,9-12H2,1-2H3,(H,23,25)/t15-/m0/s1. The number of thiophene rings is 1. The van der Waals surface area contributed by atoms with Gasteiger partial charge in [-0.25, -0.2) is 8.42 Å². The normalized spacial score (nSPS) is 19.9. The van der Waals surface area contributed by atoms with E-state index in [0.29, 0.717) is 35.3 Å². The second-order valence-electron chi connectivity index (χ2n) is 8.19. The number of sulfonamides is 1. The van der Waals surface area contributed by atoms with Gasteiger partial charge in [0.1, 0.15) is 5.75 Å². The van der Waals surface area contributed by atoms with E-state index in [9.17, 15) is 13.2 Å². The number of ether oxygens (including phenoxy) is 1. The molecule has 2 aromatic rings. The fourth-order valence-electron chi connectivity index (χ4n) is 4.20. The molecule has 0 saturated carbocycles. The summed E-state index contributed by atoms with van der Waals surface area (Å²) in [5.74, 6) is 0.851. The number of amides is 1. The lowest BCUT2D eigenvalue weighted by atomic mass is 9.90. The Labute approximate surface area is 182 Å². The summed E-state index contributed by atoms with van der Waals surface area (Å²) >= 11 is 1.53. The number of hydrogen-bond acceptors (Lipinski definition) is 5. The Hall–Kier alpha value is -1.90. The number of carbonyl (C=O) groups excluding carboxylic acids is 1. The Bertz CT molecular complexity index is 1040. The van der Waals surface area contributed by atoms with Gasteiger partial charge in [-0.3, -0.25) is 4.79 Å². The number of anilines is 1. The van der Waals surface area contributed by atoms with Crippen LogP contribution in [0.15, 0.2) is 29.2 Å². The van der Waals surface area contributed by atoms with Gasteiger partial charge in [-0.2, -0.15) is 4.31 Å². The average molecular weight is 449 g/mol. The number of methoxy groups -OCH3 is 1. The first kappa shape index (κ1) is 21.3. The minimum atomic E-state index is -3.59. The van der Waals surface area contributed by atoms with Crippen molar-refractivity contribution in [2.45, 2.75) is 50.3 Å². The van der Waals surface area contributed by atoms with Crippen LogP contribution in [0.1, 0.15) is 52.7 Å². The lowest BCUT2D eigenvalue weighted by molar-refractivity contribution is 0.103. The predicted octanol–water partition coefficient (Wildman–Crippen LogP) is 4.31. The Morgan fingerprint density at radius 3 is 2.70 bits per heavy atom. The van der Waals surface area contributed by atoms with E-state index < -0.39 is 10.0 Å². The molecule has 1 aliphatic heterocycles. The molecule has 4 rings (SSSR count). The molecule has 0 radical (unpaired) electrons. The number of hydrogen-bond donors (Lipinski definition) is 1. The molecule has 1 aliphatic carbocycles. The number of carbonyl (C=O) groups is 1. The SMILES string of the molecule is COc1ccc(S(=O)(=O)N2CCCCC2)cc1NC(=O)c1cc2c(s1)CC[C@H](C)C2. The molecule has 2 aliphatic rings. The highest BCUT2D eigenvalue weighted by Gasteiger charge is 2.27. The van der Waals surface area contributed by atoms with Gasteiger partial charge in [0.05, 0.1) is 22.6 Å². The van der Waals surface area contributed by atoms with Crippen LogP contribution in [0.4, 0.5) is 5.69 Å². The molecule has 8 heteroatoms. The fraction of sp³-hybridized carbons (Fsp3) is 0.500. The van der Waals surface area contributed by atoms with Crippen molar-refractivity contribution in [3.05, 3.63) is 39.6 Å². The number of nitrogens with one attached hydrogen (secondary N) is 1. The summed E-state index contributed by atoms with van der Waals surface area (Å²) in [6, 6.07) is 6.64. The maximum Gasteiger partial charge on any atom is 0.265 e. The summed E-state index contributed by atoms with van der Waals surface area (Å²) in [5, 5.41) is 2.88. The summed E-state index contributed by atoms with van der Waals surface area (Å²) in [4.78, 5) is 15.0. The molecule has 2 heterocycles. The second-order valence-corrected chi connectivity index (χ2v) is 11.3. The zero-order chi connectivity index (χ0) is 21.3. The Morgan fingerprint density at radius 1 is 1.20 bits per heavy atom. The second kappa shape index (κ2) is 8.69. The minimum Gasteiger partial charge on any atom is -0.495 e. The molecule has 1 aromatic carbocycles. The Balaban J connectivity index is 1.59. The lowest BCUT2D eigenvalue weighted by Crippen LogP contribution is -2.35. The van der Waals surface area contributed by atoms with Crippen molar-refractivity contribution in [3.63, 3.8) is 0 Å². The van der Waals surface area contributed by atoms with Gasteiger partial charge in [0, 0.05) is 18.0 Å². The maximum absolute atomic E-state index is 13.0. The molecule has 0 bridgehead atoms. The van der Waals surface area contributed by atoms with E-state index >= 15 is 0 Å². The van der Waals surface area contributed by atoms with E-state index in [0.717, 1.165) is 38.5 Å². The van der Waals surface area contributed by atoms with Crippen molar-refractivity contribution in [1.82, 2.24) is 4.31 Å². The molecule has 0 unspecified atom stereocenters. The van der Waals surface area contributed by atoms with Crippen LogP contribution >= 0.6 is 11.3 Å². The maximum atomic E-state index is 13.0. The fourth-order valence-corrected chi connectivity index (χ4v) is 6.85. The number of rotatable bonds is 5. The van der Waals surface area contributed by atoms with Crippen molar-refractivity contribution in [3.8, 4) is 5.75 Å². The summed E-state index contributed by atoms with van der Waals surface area (Å²) in [6.07, 6.45) is 5.98. The molecule has 162 valence electrons. The van der Waals surface area contributed by atoms with E-state index in [1.165, 1.54) is 39.3 Å². The lowest BCUT2D eigenvalue weighted by Gasteiger charge is -2.26. The van der Waals surface area contributed by atoms with E-state index in [2.05, 4.69) is 12.2 Å². The van der Waals surface area contributed by atoms with Crippen LogP contribution in [0.25, 0.3) is 0 Å². The molecular weight excluding hydrogens is 420 g/mol. The first-order valence-corrected chi connectivity index (χ1v) is 12.8. The van der Waals surface area contributed by atoms with Gasteiger partial charge in [0.2, 0.25) is 10.0 Å². The molecule has 1 fully saturated rings. The zero-order valence-electron chi connectivity index (χ0n) is 17.4. The van der Waals surface area contributed by atoms with Crippen LogP contribution in [0, 0.1) is 5.92 Å². The highest BCUT2D eigenvalue weighted by atomic mass is 32.2. The first-order chi connectivity index (χ1) is 14.4. The number of fused-ring (bicyclic) bond motifs is 1. The molecule has 1 amide bonds. The van der Waals surface area contributed by atoms with E-state index in [1.807, 2.05) is 6.07 Å². The van der Waals surface area contributed by atoms with Gasteiger partial charge < -0.3 is 10.1 Å². The van der Waals surface area contributed by atoms with Gasteiger partial charge in [-0.1, -0.05) is 13.3 Å². The average Bonchev–Trinajstić information content (AvgIpc) is 3.17. The summed E-state index contributed by atoms with van der Waals surface area (Å²) in [6.45, 7) is 3.31. The quantitative estimate of drug-likeness (QED) is 0.740. The molecule has 0 spiro atoms. The van der Waals surface area contributed by atoms with E-state index in [4.69, 9.17) is 4.74 Å². The number of nitrogens with zero attached hydrogens (tertiary/aromatic N) is 1. The molecule has 30 heavy (non-hydrogen) atoms. The molecule has 1 saturated heterocycles.